The van der Waals surface area contributed by atoms with Crippen LogP contribution in [0.3, 0.4) is 0 Å². The van der Waals surface area contributed by atoms with Gasteiger partial charge in [-0.15, -0.1) is 0 Å². The first-order valence-electron chi connectivity index (χ1n) is 11.0. The quantitative estimate of drug-likeness (QED) is 0.247. The third kappa shape index (κ3) is 5.06. The van der Waals surface area contributed by atoms with Crippen LogP contribution in [0, 0.1) is 0 Å². The molecule has 0 saturated heterocycles. The number of fused-ring (bicyclic) bond motifs is 3. The molecule has 0 saturated carbocycles. The van der Waals surface area contributed by atoms with Crippen LogP contribution in [0.4, 0.5) is 0 Å². The molecule has 1 aliphatic rings. The predicted octanol–water partition coefficient (Wildman–Crippen LogP) is 8.03. The number of nitrogens with one attached hydrogen (secondary N) is 1. The molecule has 1 aliphatic carbocycles. The molecule has 166 valence electrons. The molecule has 0 heterocycles. The fourth-order valence-corrected chi connectivity index (χ4v) is 4.76. The molecule has 0 amide bonds. The van der Waals surface area contributed by atoms with Gasteiger partial charge in [-0.1, -0.05) is 72.8 Å². The Labute approximate surface area is 204 Å². The number of halogens is 3. The molecule has 0 aromatic heterocycles. The first-order chi connectivity index (χ1) is 15.5. The summed E-state index contributed by atoms with van der Waals surface area (Å²) in [5, 5.41) is 16.4. The lowest BCUT2D eigenvalue weighted by atomic mass is 9.95. The van der Waals surface area contributed by atoms with Gasteiger partial charge < -0.3 is 10.4 Å². The predicted molar refractivity (Wildman–Crippen MR) is 138 cm³/mol. The summed E-state index contributed by atoms with van der Waals surface area (Å²) in [5.74, 6) is 0. The van der Waals surface area contributed by atoms with Crippen LogP contribution in [-0.4, -0.2) is 18.2 Å². The van der Waals surface area contributed by atoms with Gasteiger partial charge in [0.2, 0.25) is 0 Å². The molecule has 1 unspecified atom stereocenters. The number of aliphatic hydroxyl groups is 1. The van der Waals surface area contributed by atoms with E-state index in [2.05, 4.69) is 18.3 Å². The zero-order valence-corrected chi connectivity index (χ0v) is 20.2. The molecule has 0 radical (unpaired) electrons. The van der Waals surface area contributed by atoms with Crippen LogP contribution in [0.2, 0.25) is 15.1 Å². The Morgan fingerprint density at radius 2 is 1.56 bits per heavy atom. The standard InChI is InChI=1S/C27H26Cl3NO/c1-2-3-4-11-31-16-26(32)25-15-20(30)14-24-22(12-17-5-7-18(28)8-6-17)23-13-19(29)9-10-21(23)27(24)25/h5-10,12-15,26,31-32H,2-4,11,16H2,1H3. The second-order valence-electron chi connectivity index (χ2n) is 8.14. The largest absolute Gasteiger partial charge is 0.387 e. The summed E-state index contributed by atoms with van der Waals surface area (Å²) in [6, 6.07) is 17.5. The molecule has 2 N–H and O–H groups in total. The minimum Gasteiger partial charge on any atom is -0.387 e. The van der Waals surface area contributed by atoms with E-state index >= 15 is 0 Å². The summed E-state index contributed by atoms with van der Waals surface area (Å²) in [7, 11) is 0. The lowest BCUT2D eigenvalue weighted by Gasteiger charge is -2.17. The Bertz CT molecular complexity index is 1140. The fraction of sp³-hybridized carbons (Fsp3) is 0.259. The maximum Gasteiger partial charge on any atom is 0.0921 e. The van der Waals surface area contributed by atoms with Crippen LogP contribution >= 0.6 is 34.8 Å². The molecule has 3 aromatic carbocycles. The number of rotatable bonds is 8. The van der Waals surface area contributed by atoms with E-state index in [4.69, 9.17) is 34.8 Å². The third-order valence-electron chi connectivity index (χ3n) is 5.80. The van der Waals surface area contributed by atoms with E-state index in [1.807, 2.05) is 54.6 Å². The van der Waals surface area contributed by atoms with E-state index in [1.165, 1.54) is 12.8 Å². The normalized spacial score (nSPS) is 14.5. The third-order valence-corrected chi connectivity index (χ3v) is 6.51. The summed E-state index contributed by atoms with van der Waals surface area (Å²) in [4.78, 5) is 0. The van der Waals surface area contributed by atoms with Gasteiger partial charge in [-0.2, -0.15) is 0 Å². The van der Waals surface area contributed by atoms with Crippen molar-refractivity contribution >= 4 is 46.5 Å². The highest BCUT2D eigenvalue weighted by Crippen LogP contribution is 2.49. The molecule has 0 bridgehead atoms. The molecule has 32 heavy (non-hydrogen) atoms. The SMILES string of the molecule is CCCCCNCC(O)c1cc(Cl)cc2c1-c1ccc(Cl)cc1C2=Cc1ccc(Cl)cc1. The van der Waals surface area contributed by atoms with Gasteiger partial charge in [0, 0.05) is 21.6 Å². The fourth-order valence-electron chi connectivity index (χ4n) is 4.24. The van der Waals surface area contributed by atoms with Crippen LogP contribution in [0.5, 0.6) is 0 Å². The van der Waals surface area contributed by atoms with Gasteiger partial charge in [0.05, 0.1) is 6.10 Å². The van der Waals surface area contributed by atoms with Crippen LogP contribution in [-0.2, 0) is 0 Å². The van der Waals surface area contributed by atoms with Crippen molar-refractivity contribution in [3.8, 4) is 11.1 Å². The molecule has 2 nitrogen and oxygen atoms in total. The first-order valence-corrected chi connectivity index (χ1v) is 12.1. The van der Waals surface area contributed by atoms with E-state index < -0.39 is 6.10 Å². The number of hydrogen-bond donors (Lipinski definition) is 2. The number of benzene rings is 3. The molecule has 0 spiro atoms. The van der Waals surface area contributed by atoms with Gasteiger partial charge in [-0.05, 0) is 94.4 Å². The summed E-state index contributed by atoms with van der Waals surface area (Å²) in [5.41, 5.74) is 7.01. The van der Waals surface area contributed by atoms with Gasteiger partial charge in [0.15, 0.2) is 0 Å². The average molecular weight is 487 g/mol. The van der Waals surface area contributed by atoms with Crippen molar-refractivity contribution < 1.29 is 5.11 Å². The van der Waals surface area contributed by atoms with Crippen LogP contribution in [0.15, 0.2) is 54.6 Å². The van der Waals surface area contributed by atoms with Crippen LogP contribution < -0.4 is 5.32 Å². The second-order valence-corrected chi connectivity index (χ2v) is 9.45. The van der Waals surface area contributed by atoms with E-state index in [1.54, 1.807) is 0 Å². The second kappa shape index (κ2) is 10.4. The van der Waals surface area contributed by atoms with Crippen molar-refractivity contribution in [2.75, 3.05) is 13.1 Å². The van der Waals surface area contributed by atoms with Crippen molar-refractivity contribution in [2.45, 2.75) is 32.3 Å². The van der Waals surface area contributed by atoms with Crippen molar-refractivity contribution in [1.29, 1.82) is 0 Å². The van der Waals surface area contributed by atoms with E-state index in [-0.39, 0.29) is 0 Å². The smallest absolute Gasteiger partial charge is 0.0921 e. The topological polar surface area (TPSA) is 32.3 Å². The Hall–Kier alpha value is -1.81. The Morgan fingerprint density at radius 3 is 2.31 bits per heavy atom. The molecule has 4 rings (SSSR count). The molecular weight excluding hydrogens is 461 g/mol. The maximum absolute atomic E-state index is 11.1. The van der Waals surface area contributed by atoms with E-state index in [0.717, 1.165) is 51.9 Å². The highest BCUT2D eigenvalue weighted by molar-refractivity contribution is 6.32. The Morgan fingerprint density at radius 1 is 0.844 bits per heavy atom. The minimum absolute atomic E-state index is 0.482. The monoisotopic (exact) mass is 485 g/mol. The molecule has 0 fully saturated rings. The van der Waals surface area contributed by atoms with Gasteiger partial charge in [-0.25, -0.2) is 0 Å². The summed E-state index contributed by atoms with van der Waals surface area (Å²) in [6.07, 6.45) is 4.91. The van der Waals surface area contributed by atoms with Gasteiger partial charge in [0.25, 0.3) is 0 Å². The zero-order chi connectivity index (χ0) is 22.7. The molecule has 3 aromatic rings. The van der Waals surface area contributed by atoms with Crippen molar-refractivity contribution in [1.82, 2.24) is 5.32 Å². The highest BCUT2D eigenvalue weighted by Gasteiger charge is 2.29. The van der Waals surface area contributed by atoms with Crippen molar-refractivity contribution in [3.05, 3.63) is 91.9 Å². The highest BCUT2D eigenvalue weighted by atomic mass is 35.5. The average Bonchev–Trinajstić information content (AvgIpc) is 3.06. The lowest BCUT2D eigenvalue weighted by molar-refractivity contribution is 0.175. The van der Waals surface area contributed by atoms with E-state index in [0.29, 0.717) is 21.6 Å². The molecule has 5 heteroatoms. The Kier molecular flexibility index (Phi) is 7.60. The summed E-state index contributed by atoms with van der Waals surface area (Å²) >= 11 is 19.0. The molecular formula is C27H26Cl3NO. The Balaban J connectivity index is 1.77. The van der Waals surface area contributed by atoms with E-state index in [9.17, 15) is 5.11 Å². The van der Waals surface area contributed by atoms with Crippen molar-refractivity contribution in [3.63, 3.8) is 0 Å². The number of aliphatic hydroxyl groups excluding tert-OH is 1. The number of hydrogen-bond acceptors (Lipinski definition) is 2. The number of unbranched alkanes of at least 4 members (excludes halogenated alkanes) is 2. The maximum atomic E-state index is 11.1. The van der Waals surface area contributed by atoms with Gasteiger partial charge in [-0.3, -0.25) is 0 Å². The van der Waals surface area contributed by atoms with Gasteiger partial charge in [0.1, 0.15) is 0 Å². The van der Waals surface area contributed by atoms with Crippen LogP contribution in [0.1, 0.15) is 54.5 Å². The minimum atomic E-state index is -0.664. The summed E-state index contributed by atoms with van der Waals surface area (Å²) < 4.78 is 0. The molecule has 1 atom stereocenters. The van der Waals surface area contributed by atoms with Crippen molar-refractivity contribution in [2.24, 2.45) is 0 Å². The lowest BCUT2D eigenvalue weighted by Crippen LogP contribution is -2.23. The molecule has 0 aliphatic heterocycles. The van der Waals surface area contributed by atoms with Gasteiger partial charge >= 0.3 is 0 Å². The first kappa shape index (κ1) is 23.4. The van der Waals surface area contributed by atoms with Crippen LogP contribution in [0.25, 0.3) is 22.8 Å². The summed E-state index contributed by atoms with van der Waals surface area (Å²) in [6.45, 7) is 3.56. The zero-order valence-electron chi connectivity index (χ0n) is 18.0.